The number of nitrogens with two attached hydrogens (primary N) is 1. The monoisotopic (exact) mass is 419 g/mol. The predicted octanol–water partition coefficient (Wildman–Crippen LogP) is 2.45. The Labute approximate surface area is 171 Å². The van der Waals surface area contributed by atoms with Crippen molar-refractivity contribution in [2.75, 3.05) is 25.1 Å². The van der Waals surface area contributed by atoms with Crippen molar-refractivity contribution in [2.24, 2.45) is 11.1 Å². The van der Waals surface area contributed by atoms with Crippen LogP contribution in [0.15, 0.2) is 17.1 Å². The second-order valence-corrected chi connectivity index (χ2v) is 9.09. The summed E-state index contributed by atoms with van der Waals surface area (Å²) in [6.07, 6.45) is 2.10. The zero-order valence-corrected chi connectivity index (χ0v) is 16.7. The summed E-state index contributed by atoms with van der Waals surface area (Å²) in [5, 5.41) is 9.27. The van der Waals surface area contributed by atoms with Crippen molar-refractivity contribution in [1.82, 2.24) is 4.57 Å². The number of ether oxygens (including phenoxy) is 1. The summed E-state index contributed by atoms with van der Waals surface area (Å²) in [6.45, 7) is 2.93. The first-order valence-corrected chi connectivity index (χ1v) is 9.97. The number of methoxy groups -OCH3 is 1. The molecule has 0 amide bonds. The van der Waals surface area contributed by atoms with Gasteiger partial charge in [-0.2, -0.15) is 0 Å². The lowest BCUT2D eigenvalue weighted by molar-refractivity contribution is 0.0694. The molecule has 2 aliphatic carbocycles. The number of carboxylic acids is 1. The summed E-state index contributed by atoms with van der Waals surface area (Å²) in [5.41, 5.74) is 4.98. The quantitative estimate of drug-likeness (QED) is 0.790. The van der Waals surface area contributed by atoms with E-state index in [0.29, 0.717) is 13.1 Å². The van der Waals surface area contributed by atoms with Gasteiger partial charge < -0.3 is 25.0 Å². The van der Waals surface area contributed by atoms with E-state index < -0.39 is 40.5 Å². The van der Waals surface area contributed by atoms with E-state index in [0.717, 1.165) is 25.1 Å². The topological polar surface area (TPSA) is 97.8 Å². The van der Waals surface area contributed by atoms with E-state index in [1.165, 1.54) is 11.7 Å². The zero-order chi connectivity index (χ0) is 21.6. The molecule has 160 valence electrons. The van der Waals surface area contributed by atoms with Crippen molar-refractivity contribution in [3.63, 3.8) is 0 Å². The molecule has 2 aromatic rings. The minimum absolute atomic E-state index is 0.0766. The Hall–Kier alpha value is -2.68. The number of benzene rings is 1. The number of halogens is 2. The third-order valence-corrected chi connectivity index (χ3v) is 7.07. The van der Waals surface area contributed by atoms with Gasteiger partial charge in [0.15, 0.2) is 11.6 Å². The maximum Gasteiger partial charge on any atom is 0.341 e. The molecule has 2 saturated carbocycles. The molecular weight excluding hydrogens is 396 g/mol. The molecule has 1 saturated heterocycles. The standard InChI is InChI=1S/C21H23F2N3O4/c1-20(24)8-25(9-21(20)3-4-21)16-13(23)5-10-15(18(16)30-2)26(14-6-12(14)22)7-11(17(10)27)19(28)29/h5,7,12,14H,3-4,6,8-9,24H2,1-2H3,(H,28,29)/t12-,14?,20?/m0/s1. The lowest BCUT2D eigenvalue weighted by Crippen LogP contribution is -2.45. The third-order valence-electron chi connectivity index (χ3n) is 7.07. The first-order chi connectivity index (χ1) is 14.1. The third kappa shape index (κ3) is 2.50. The van der Waals surface area contributed by atoms with E-state index >= 15 is 4.39 Å². The summed E-state index contributed by atoms with van der Waals surface area (Å²) >= 11 is 0. The molecule has 1 aliphatic heterocycles. The average molecular weight is 419 g/mol. The average Bonchev–Trinajstić information content (AvgIpc) is 3.57. The molecule has 1 aromatic carbocycles. The van der Waals surface area contributed by atoms with Gasteiger partial charge in [0.05, 0.1) is 24.1 Å². The van der Waals surface area contributed by atoms with Gasteiger partial charge in [-0.15, -0.1) is 0 Å². The van der Waals surface area contributed by atoms with Crippen molar-refractivity contribution in [3.8, 4) is 5.75 Å². The van der Waals surface area contributed by atoms with E-state index in [1.807, 2.05) is 11.8 Å². The molecule has 1 spiro atoms. The molecule has 3 N–H and O–H groups in total. The fourth-order valence-corrected chi connectivity index (χ4v) is 4.99. The van der Waals surface area contributed by atoms with Crippen LogP contribution in [0, 0.1) is 11.2 Å². The van der Waals surface area contributed by atoms with Crippen molar-refractivity contribution < 1.29 is 23.4 Å². The number of hydrogen-bond donors (Lipinski definition) is 2. The van der Waals surface area contributed by atoms with Crippen LogP contribution in [-0.4, -0.2) is 47.6 Å². The van der Waals surface area contributed by atoms with Crippen LogP contribution in [0.25, 0.3) is 10.9 Å². The molecule has 1 aromatic heterocycles. The Morgan fingerprint density at radius 2 is 2.03 bits per heavy atom. The van der Waals surface area contributed by atoms with Gasteiger partial charge in [0, 0.05) is 36.7 Å². The lowest BCUT2D eigenvalue weighted by atomic mass is 9.87. The number of hydrogen-bond acceptors (Lipinski definition) is 5. The van der Waals surface area contributed by atoms with Gasteiger partial charge >= 0.3 is 5.97 Å². The summed E-state index contributed by atoms with van der Waals surface area (Å²) in [6, 6.07) is 0.423. The predicted molar refractivity (Wildman–Crippen MR) is 107 cm³/mol. The van der Waals surface area contributed by atoms with Gasteiger partial charge in [-0.3, -0.25) is 4.79 Å². The van der Waals surface area contributed by atoms with Gasteiger partial charge in [-0.25, -0.2) is 13.6 Å². The van der Waals surface area contributed by atoms with Crippen molar-refractivity contribution in [2.45, 2.75) is 43.9 Å². The number of aromatic nitrogens is 1. The van der Waals surface area contributed by atoms with Crippen molar-refractivity contribution >= 4 is 22.6 Å². The number of alkyl halides is 1. The van der Waals surface area contributed by atoms with E-state index in [-0.39, 0.29) is 34.2 Å². The molecule has 0 radical (unpaired) electrons. The number of pyridine rings is 1. The summed E-state index contributed by atoms with van der Waals surface area (Å²) in [5.74, 6) is -2.03. The molecular formula is C21H23F2N3O4. The van der Waals surface area contributed by atoms with Crippen LogP contribution in [0.3, 0.4) is 0 Å². The van der Waals surface area contributed by atoms with Gasteiger partial charge in [-0.05, 0) is 25.8 Å². The Kier molecular flexibility index (Phi) is 3.82. The highest BCUT2D eigenvalue weighted by Crippen LogP contribution is 2.59. The van der Waals surface area contributed by atoms with Gasteiger partial charge in [-0.1, -0.05) is 0 Å². The molecule has 3 atom stereocenters. The highest BCUT2D eigenvalue weighted by Gasteiger charge is 2.61. The Morgan fingerprint density at radius 3 is 2.53 bits per heavy atom. The second kappa shape index (κ2) is 5.94. The van der Waals surface area contributed by atoms with Crippen molar-refractivity contribution in [3.05, 3.63) is 33.9 Å². The van der Waals surface area contributed by atoms with Gasteiger partial charge in [0.2, 0.25) is 5.43 Å². The number of rotatable bonds is 4. The lowest BCUT2D eigenvalue weighted by Gasteiger charge is -2.26. The van der Waals surface area contributed by atoms with Crippen LogP contribution in [0.1, 0.15) is 42.6 Å². The molecule has 30 heavy (non-hydrogen) atoms. The summed E-state index contributed by atoms with van der Waals surface area (Å²) in [7, 11) is 1.36. The largest absolute Gasteiger partial charge is 0.492 e. The van der Waals surface area contributed by atoms with Crippen molar-refractivity contribution in [1.29, 1.82) is 0 Å². The molecule has 2 heterocycles. The number of carboxylic acid groups (broad SMARTS) is 1. The first-order valence-electron chi connectivity index (χ1n) is 9.97. The highest BCUT2D eigenvalue weighted by molar-refractivity contribution is 5.97. The molecule has 3 fully saturated rings. The zero-order valence-electron chi connectivity index (χ0n) is 16.7. The normalized spacial score (nSPS) is 28.9. The smallest absolute Gasteiger partial charge is 0.341 e. The Morgan fingerprint density at radius 1 is 1.37 bits per heavy atom. The molecule has 7 nitrogen and oxygen atoms in total. The Bertz CT molecular complexity index is 1150. The maximum atomic E-state index is 15.3. The fraction of sp³-hybridized carbons (Fsp3) is 0.524. The number of aromatic carboxylic acids is 1. The highest BCUT2D eigenvalue weighted by atomic mass is 19.1. The molecule has 9 heteroatoms. The molecule has 2 unspecified atom stereocenters. The van der Waals surface area contributed by atoms with Crippen LogP contribution in [0.5, 0.6) is 5.75 Å². The molecule has 0 bridgehead atoms. The molecule has 3 aliphatic rings. The summed E-state index contributed by atoms with van der Waals surface area (Å²) in [4.78, 5) is 26.2. The van der Waals surface area contributed by atoms with Crippen LogP contribution >= 0.6 is 0 Å². The van der Waals surface area contributed by atoms with Gasteiger partial charge in [0.25, 0.3) is 0 Å². The second-order valence-electron chi connectivity index (χ2n) is 9.09. The van der Waals surface area contributed by atoms with Crippen LogP contribution < -0.4 is 20.8 Å². The van der Waals surface area contributed by atoms with E-state index in [4.69, 9.17) is 10.5 Å². The van der Waals surface area contributed by atoms with E-state index in [1.54, 1.807) is 0 Å². The number of anilines is 1. The number of carbonyl (C=O) groups is 1. The fourth-order valence-electron chi connectivity index (χ4n) is 4.99. The SMILES string of the molecule is COc1c(N2CC(C)(N)C3(CC3)C2)c(F)cc2c(=O)c(C(=O)O)cn(C3C[C@@H]3F)c12. The van der Waals surface area contributed by atoms with Crippen LogP contribution in [0.2, 0.25) is 0 Å². The first kappa shape index (κ1) is 19.3. The van der Waals surface area contributed by atoms with Gasteiger partial charge in [0.1, 0.15) is 17.4 Å². The number of nitrogens with zero attached hydrogens (tertiary/aromatic N) is 2. The Balaban J connectivity index is 1.78. The van der Waals surface area contributed by atoms with Crippen LogP contribution in [-0.2, 0) is 0 Å². The van der Waals surface area contributed by atoms with E-state index in [2.05, 4.69) is 0 Å². The minimum Gasteiger partial charge on any atom is -0.492 e. The maximum absolute atomic E-state index is 15.3. The summed E-state index contributed by atoms with van der Waals surface area (Å²) < 4.78 is 36.3. The number of fused-ring (bicyclic) bond motifs is 1. The van der Waals surface area contributed by atoms with Crippen LogP contribution in [0.4, 0.5) is 14.5 Å². The minimum atomic E-state index is -1.44. The van der Waals surface area contributed by atoms with E-state index in [9.17, 15) is 19.1 Å². The molecule has 5 rings (SSSR count).